The molecule has 82 valence electrons. The summed E-state index contributed by atoms with van der Waals surface area (Å²) in [5.41, 5.74) is 6.20. The highest BCUT2D eigenvalue weighted by molar-refractivity contribution is 6.32. The number of phenolic OH excluding ortho intramolecular Hbond substituents is 1. The Balaban J connectivity index is 2.92. The molecule has 1 aromatic rings. The van der Waals surface area contributed by atoms with Crippen molar-refractivity contribution >= 4 is 17.6 Å². The smallest absolute Gasteiger partial charge is 0.304 e. The summed E-state index contributed by atoms with van der Waals surface area (Å²) < 4.78 is 0. The molecule has 5 heteroatoms. The molecule has 0 amide bonds. The van der Waals surface area contributed by atoms with Gasteiger partial charge in [-0.3, -0.25) is 4.79 Å². The monoisotopic (exact) mass is 229 g/mol. The summed E-state index contributed by atoms with van der Waals surface area (Å²) in [6.07, 6.45) is -0.0440. The van der Waals surface area contributed by atoms with E-state index in [2.05, 4.69) is 0 Å². The molecule has 0 bridgehead atoms. The van der Waals surface area contributed by atoms with Gasteiger partial charge in [-0.05, 0) is 24.2 Å². The Morgan fingerprint density at radius 3 is 2.67 bits per heavy atom. The van der Waals surface area contributed by atoms with Crippen LogP contribution in [0.15, 0.2) is 18.2 Å². The molecule has 0 saturated carbocycles. The molecule has 0 aromatic heterocycles. The quantitative estimate of drug-likeness (QED) is 0.732. The van der Waals surface area contributed by atoms with Crippen LogP contribution in [0.4, 0.5) is 0 Å². The average Bonchev–Trinajstić information content (AvgIpc) is 2.18. The van der Waals surface area contributed by atoms with Crippen molar-refractivity contribution < 1.29 is 15.0 Å². The molecule has 0 fully saturated rings. The molecule has 1 atom stereocenters. The zero-order valence-electron chi connectivity index (χ0n) is 7.98. The van der Waals surface area contributed by atoms with Crippen molar-refractivity contribution in [3.05, 3.63) is 28.8 Å². The number of phenols is 1. The number of benzene rings is 1. The van der Waals surface area contributed by atoms with Gasteiger partial charge in [-0.25, -0.2) is 0 Å². The van der Waals surface area contributed by atoms with Gasteiger partial charge >= 0.3 is 5.97 Å². The molecule has 4 N–H and O–H groups in total. The number of carboxylic acid groups (broad SMARTS) is 1. The van der Waals surface area contributed by atoms with Crippen LogP contribution in [0.3, 0.4) is 0 Å². The van der Waals surface area contributed by atoms with Crippen molar-refractivity contribution in [1.82, 2.24) is 0 Å². The summed E-state index contributed by atoms with van der Waals surface area (Å²) in [6.45, 7) is 0.230. The highest BCUT2D eigenvalue weighted by atomic mass is 35.5. The minimum absolute atomic E-state index is 0.0217. The number of aromatic hydroxyl groups is 1. The SMILES string of the molecule is NCC(CC(=O)O)c1ccc(O)c(Cl)c1. The lowest BCUT2D eigenvalue weighted by molar-refractivity contribution is -0.137. The molecule has 0 spiro atoms. The summed E-state index contributed by atoms with van der Waals surface area (Å²) >= 11 is 5.71. The van der Waals surface area contributed by atoms with E-state index < -0.39 is 5.97 Å². The van der Waals surface area contributed by atoms with Crippen molar-refractivity contribution in [2.24, 2.45) is 5.73 Å². The third kappa shape index (κ3) is 3.11. The molecular formula is C10H12ClNO3. The average molecular weight is 230 g/mol. The summed E-state index contributed by atoms with van der Waals surface area (Å²) in [4.78, 5) is 10.6. The van der Waals surface area contributed by atoms with E-state index >= 15 is 0 Å². The van der Waals surface area contributed by atoms with Crippen LogP contribution in [-0.4, -0.2) is 22.7 Å². The normalized spacial score (nSPS) is 12.4. The van der Waals surface area contributed by atoms with Crippen LogP contribution >= 0.6 is 11.6 Å². The van der Waals surface area contributed by atoms with Crippen LogP contribution in [0.2, 0.25) is 5.02 Å². The summed E-state index contributed by atoms with van der Waals surface area (Å²) in [7, 11) is 0. The molecule has 15 heavy (non-hydrogen) atoms. The Labute approximate surface area is 92.3 Å². The largest absolute Gasteiger partial charge is 0.506 e. The Hall–Kier alpha value is -1.26. The van der Waals surface area contributed by atoms with E-state index in [9.17, 15) is 9.90 Å². The van der Waals surface area contributed by atoms with E-state index in [1.807, 2.05) is 0 Å². The minimum atomic E-state index is -0.908. The fourth-order valence-corrected chi connectivity index (χ4v) is 1.51. The van der Waals surface area contributed by atoms with Gasteiger partial charge in [-0.15, -0.1) is 0 Å². The topological polar surface area (TPSA) is 83.6 Å². The first kappa shape index (κ1) is 11.8. The molecule has 0 radical (unpaired) electrons. The second-order valence-corrected chi connectivity index (χ2v) is 3.65. The Bertz CT molecular complexity index is 368. The van der Waals surface area contributed by atoms with Crippen LogP contribution in [0, 0.1) is 0 Å². The van der Waals surface area contributed by atoms with Crippen LogP contribution in [0.1, 0.15) is 17.9 Å². The number of halogens is 1. The number of rotatable bonds is 4. The van der Waals surface area contributed by atoms with E-state index in [0.717, 1.165) is 5.56 Å². The van der Waals surface area contributed by atoms with Crippen molar-refractivity contribution in [2.45, 2.75) is 12.3 Å². The first-order chi connectivity index (χ1) is 7.04. The lowest BCUT2D eigenvalue weighted by Crippen LogP contribution is -2.16. The fraction of sp³-hybridized carbons (Fsp3) is 0.300. The zero-order chi connectivity index (χ0) is 11.4. The van der Waals surface area contributed by atoms with E-state index in [-0.39, 0.29) is 29.7 Å². The Morgan fingerprint density at radius 1 is 1.53 bits per heavy atom. The van der Waals surface area contributed by atoms with Gasteiger partial charge < -0.3 is 15.9 Å². The minimum Gasteiger partial charge on any atom is -0.506 e. The van der Waals surface area contributed by atoms with E-state index in [1.54, 1.807) is 6.07 Å². The third-order valence-electron chi connectivity index (χ3n) is 2.15. The molecular weight excluding hydrogens is 218 g/mol. The number of nitrogens with two attached hydrogens (primary N) is 1. The molecule has 0 aliphatic rings. The van der Waals surface area contributed by atoms with E-state index in [1.165, 1.54) is 12.1 Å². The van der Waals surface area contributed by atoms with Gasteiger partial charge in [0, 0.05) is 5.92 Å². The number of hydrogen-bond acceptors (Lipinski definition) is 3. The first-order valence-corrected chi connectivity index (χ1v) is 4.82. The van der Waals surface area contributed by atoms with E-state index in [0.29, 0.717) is 0 Å². The van der Waals surface area contributed by atoms with Crippen LogP contribution < -0.4 is 5.73 Å². The molecule has 0 aliphatic heterocycles. The summed E-state index contributed by atoms with van der Waals surface area (Å²) in [6, 6.07) is 4.60. The van der Waals surface area contributed by atoms with Gasteiger partial charge in [-0.1, -0.05) is 17.7 Å². The van der Waals surface area contributed by atoms with Gasteiger partial charge in [0.1, 0.15) is 5.75 Å². The van der Waals surface area contributed by atoms with Crippen LogP contribution in [0.25, 0.3) is 0 Å². The van der Waals surface area contributed by atoms with Crippen molar-refractivity contribution in [1.29, 1.82) is 0 Å². The van der Waals surface area contributed by atoms with Gasteiger partial charge in [0.2, 0.25) is 0 Å². The number of carboxylic acids is 1. The maximum Gasteiger partial charge on any atom is 0.304 e. The van der Waals surface area contributed by atoms with Gasteiger partial charge in [0.15, 0.2) is 0 Å². The lowest BCUT2D eigenvalue weighted by atomic mass is 9.96. The molecule has 0 aliphatic carbocycles. The lowest BCUT2D eigenvalue weighted by Gasteiger charge is -2.13. The molecule has 1 aromatic carbocycles. The predicted octanol–water partition coefficient (Wildman–Crippen LogP) is 1.56. The second-order valence-electron chi connectivity index (χ2n) is 3.24. The molecule has 0 saturated heterocycles. The molecule has 0 heterocycles. The first-order valence-electron chi connectivity index (χ1n) is 4.45. The molecule has 1 rings (SSSR count). The number of hydrogen-bond donors (Lipinski definition) is 3. The standard InChI is InChI=1S/C10H12ClNO3/c11-8-3-6(1-2-9(8)13)7(5-12)4-10(14)15/h1-3,7,13H,4-5,12H2,(H,14,15). The molecule has 4 nitrogen and oxygen atoms in total. The summed E-state index contributed by atoms with van der Waals surface area (Å²) in [5.74, 6) is -1.21. The number of carbonyl (C=O) groups is 1. The highest BCUT2D eigenvalue weighted by Crippen LogP contribution is 2.28. The van der Waals surface area contributed by atoms with Crippen LogP contribution in [0.5, 0.6) is 5.75 Å². The van der Waals surface area contributed by atoms with Crippen molar-refractivity contribution in [3.63, 3.8) is 0 Å². The predicted molar refractivity (Wildman–Crippen MR) is 57.2 cm³/mol. The van der Waals surface area contributed by atoms with Gasteiger partial charge in [0.25, 0.3) is 0 Å². The fourth-order valence-electron chi connectivity index (χ4n) is 1.33. The van der Waals surface area contributed by atoms with Crippen LogP contribution in [-0.2, 0) is 4.79 Å². The zero-order valence-corrected chi connectivity index (χ0v) is 8.74. The maximum absolute atomic E-state index is 10.6. The highest BCUT2D eigenvalue weighted by Gasteiger charge is 2.14. The molecule has 1 unspecified atom stereocenters. The van der Waals surface area contributed by atoms with Gasteiger partial charge in [-0.2, -0.15) is 0 Å². The van der Waals surface area contributed by atoms with Crippen molar-refractivity contribution in [2.75, 3.05) is 6.54 Å². The summed E-state index contributed by atoms with van der Waals surface area (Å²) in [5, 5.41) is 18.1. The Morgan fingerprint density at radius 2 is 2.20 bits per heavy atom. The third-order valence-corrected chi connectivity index (χ3v) is 2.45. The van der Waals surface area contributed by atoms with Crippen molar-refractivity contribution in [3.8, 4) is 5.75 Å². The van der Waals surface area contributed by atoms with E-state index in [4.69, 9.17) is 22.4 Å². The maximum atomic E-state index is 10.6. The second kappa shape index (κ2) is 5.00. The number of aliphatic carboxylic acids is 1. The van der Waals surface area contributed by atoms with Gasteiger partial charge in [0.05, 0.1) is 11.4 Å². The Kier molecular flexibility index (Phi) is 3.94.